The van der Waals surface area contributed by atoms with Crippen molar-refractivity contribution < 1.29 is 9.78 Å². The van der Waals surface area contributed by atoms with Gasteiger partial charge in [0.15, 0.2) is 5.03 Å². The number of benzene rings is 1. The number of nitrogens with zero attached hydrogens (tertiary/aromatic N) is 2. The molecule has 1 aromatic heterocycles. The molecule has 0 saturated carbocycles. The number of carbonyl (C=O) groups is 1. The molecule has 0 bridgehead atoms. The SMILES string of the molecule is CCCCc1ccc(NC(=O)CSc2[nH+]c(N)c(C#N)cc2C#N)cc1. The first-order chi connectivity index (χ1) is 12.6. The number of pyridine rings is 1. The van der Waals surface area contributed by atoms with Crippen LogP contribution in [-0.2, 0) is 11.2 Å². The summed E-state index contributed by atoms with van der Waals surface area (Å²) in [6, 6.07) is 13.1. The zero-order valence-electron chi connectivity index (χ0n) is 14.5. The van der Waals surface area contributed by atoms with Crippen molar-refractivity contribution in [1.29, 1.82) is 10.5 Å². The van der Waals surface area contributed by atoms with E-state index in [1.165, 1.54) is 23.4 Å². The van der Waals surface area contributed by atoms with Crippen LogP contribution in [0.2, 0.25) is 0 Å². The second kappa shape index (κ2) is 9.45. The molecule has 0 atom stereocenters. The molecule has 26 heavy (non-hydrogen) atoms. The van der Waals surface area contributed by atoms with Crippen LogP contribution in [-0.4, -0.2) is 11.7 Å². The average molecular weight is 366 g/mol. The minimum atomic E-state index is -0.184. The van der Waals surface area contributed by atoms with Crippen LogP contribution in [0.5, 0.6) is 0 Å². The number of H-pyrrole nitrogens is 1. The number of unbranched alkanes of at least 4 members (excludes halogenated alkanes) is 1. The number of anilines is 2. The molecule has 0 spiro atoms. The Morgan fingerprint density at radius 1 is 1.23 bits per heavy atom. The summed E-state index contributed by atoms with van der Waals surface area (Å²) in [7, 11) is 0. The van der Waals surface area contributed by atoms with E-state index in [0.717, 1.165) is 24.9 Å². The van der Waals surface area contributed by atoms with Crippen LogP contribution in [0.3, 0.4) is 0 Å². The van der Waals surface area contributed by atoms with Gasteiger partial charge in [0, 0.05) is 5.69 Å². The molecular weight excluding hydrogens is 346 g/mol. The summed E-state index contributed by atoms with van der Waals surface area (Å²) in [5.74, 6) is 0.113. The van der Waals surface area contributed by atoms with Gasteiger partial charge in [-0.15, -0.1) is 0 Å². The largest absolute Gasteiger partial charge is 0.325 e. The van der Waals surface area contributed by atoms with E-state index in [1.807, 2.05) is 36.4 Å². The second-order valence-corrected chi connectivity index (χ2v) is 6.69. The van der Waals surface area contributed by atoms with E-state index in [4.69, 9.17) is 11.0 Å². The summed E-state index contributed by atoms with van der Waals surface area (Å²) in [5.41, 5.74) is 8.21. The lowest BCUT2D eigenvalue weighted by Gasteiger charge is -2.07. The number of nitrogens with one attached hydrogen (secondary N) is 2. The molecule has 2 aromatic rings. The van der Waals surface area contributed by atoms with Gasteiger partial charge in [-0.25, -0.2) is 4.98 Å². The second-order valence-electron chi connectivity index (χ2n) is 5.70. The third kappa shape index (κ3) is 5.23. The molecule has 132 valence electrons. The van der Waals surface area contributed by atoms with Crippen molar-refractivity contribution in [3.63, 3.8) is 0 Å². The highest BCUT2D eigenvalue weighted by Crippen LogP contribution is 2.21. The molecule has 4 N–H and O–H groups in total. The number of nitrogen functional groups attached to an aromatic ring is 1. The number of amides is 1. The number of thioether (sulfide) groups is 1. The van der Waals surface area contributed by atoms with Crippen molar-refractivity contribution in [1.82, 2.24) is 0 Å². The van der Waals surface area contributed by atoms with Crippen LogP contribution in [0.25, 0.3) is 0 Å². The van der Waals surface area contributed by atoms with Crippen molar-refractivity contribution in [2.24, 2.45) is 0 Å². The van der Waals surface area contributed by atoms with Gasteiger partial charge in [-0.05, 0) is 36.6 Å². The molecule has 0 saturated heterocycles. The van der Waals surface area contributed by atoms with Crippen molar-refractivity contribution >= 4 is 29.2 Å². The summed E-state index contributed by atoms with van der Waals surface area (Å²) in [6.07, 6.45) is 3.33. The van der Waals surface area contributed by atoms with E-state index in [9.17, 15) is 10.1 Å². The lowest BCUT2D eigenvalue weighted by molar-refractivity contribution is -0.410. The molecule has 6 nitrogen and oxygen atoms in total. The topological polar surface area (TPSA) is 117 Å². The Morgan fingerprint density at radius 3 is 2.54 bits per heavy atom. The molecule has 0 fully saturated rings. The minimum Gasteiger partial charge on any atom is -0.325 e. The number of carbonyl (C=O) groups excluding carboxylic acids is 1. The highest BCUT2D eigenvalue weighted by atomic mass is 32.2. The van der Waals surface area contributed by atoms with Crippen molar-refractivity contribution in [3.8, 4) is 12.1 Å². The Kier molecular flexibility index (Phi) is 7.02. The Morgan fingerprint density at radius 2 is 1.92 bits per heavy atom. The molecule has 0 unspecified atom stereocenters. The zero-order valence-corrected chi connectivity index (χ0v) is 15.3. The van der Waals surface area contributed by atoms with Gasteiger partial charge in [0.05, 0.1) is 5.75 Å². The molecule has 2 rings (SSSR count). The molecule has 1 heterocycles. The monoisotopic (exact) mass is 366 g/mol. The number of aryl methyl sites for hydroxylation is 1. The summed E-state index contributed by atoms with van der Waals surface area (Å²) >= 11 is 1.17. The predicted molar refractivity (Wildman–Crippen MR) is 101 cm³/mol. The lowest BCUT2D eigenvalue weighted by Crippen LogP contribution is -2.19. The van der Waals surface area contributed by atoms with Gasteiger partial charge < -0.3 is 5.32 Å². The molecule has 0 aliphatic carbocycles. The first kappa shape index (κ1) is 19.3. The molecule has 7 heteroatoms. The van der Waals surface area contributed by atoms with Gasteiger partial charge in [0.2, 0.25) is 5.91 Å². The molecule has 1 aromatic carbocycles. The fourth-order valence-electron chi connectivity index (χ4n) is 2.30. The number of nitriles is 2. The van der Waals surface area contributed by atoms with Crippen LogP contribution >= 0.6 is 11.8 Å². The third-order valence-electron chi connectivity index (χ3n) is 3.72. The smallest absolute Gasteiger partial charge is 0.289 e. The van der Waals surface area contributed by atoms with E-state index in [2.05, 4.69) is 17.2 Å². The Bertz CT molecular complexity index is 865. The number of hydrogen-bond donors (Lipinski definition) is 2. The van der Waals surface area contributed by atoms with Gasteiger partial charge in [-0.3, -0.25) is 10.5 Å². The highest BCUT2D eigenvalue weighted by Gasteiger charge is 2.16. The Hall–Kier alpha value is -3.03. The summed E-state index contributed by atoms with van der Waals surface area (Å²) in [5, 5.41) is 21.4. The summed E-state index contributed by atoms with van der Waals surface area (Å²) < 4.78 is 0. The van der Waals surface area contributed by atoms with Crippen LogP contribution in [0, 0.1) is 22.7 Å². The van der Waals surface area contributed by atoms with Gasteiger partial charge >= 0.3 is 0 Å². The zero-order chi connectivity index (χ0) is 18.9. The summed E-state index contributed by atoms with van der Waals surface area (Å²) in [4.78, 5) is 14.9. The van der Waals surface area contributed by atoms with Crippen LogP contribution < -0.4 is 16.0 Å². The van der Waals surface area contributed by atoms with E-state index in [-0.39, 0.29) is 28.6 Å². The van der Waals surface area contributed by atoms with Gasteiger partial charge in [0.1, 0.15) is 23.3 Å². The van der Waals surface area contributed by atoms with E-state index < -0.39 is 0 Å². The lowest BCUT2D eigenvalue weighted by atomic mass is 10.1. The maximum absolute atomic E-state index is 12.1. The molecule has 0 aliphatic heterocycles. The number of hydrogen-bond acceptors (Lipinski definition) is 5. The van der Waals surface area contributed by atoms with Crippen molar-refractivity contribution in [3.05, 3.63) is 47.0 Å². The van der Waals surface area contributed by atoms with Crippen LogP contribution in [0.1, 0.15) is 36.5 Å². The number of aromatic amines is 1. The van der Waals surface area contributed by atoms with Crippen molar-refractivity contribution in [2.45, 2.75) is 31.2 Å². The minimum absolute atomic E-state index is 0.119. The summed E-state index contributed by atoms with van der Waals surface area (Å²) in [6.45, 7) is 2.16. The number of rotatable bonds is 7. The fraction of sp³-hybridized carbons (Fsp3) is 0.263. The number of nitrogens with two attached hydrogens (primary N) is 1. The Balaban J connectivity index is 1.96. The molecule has 1 amide bonds. The average Bonchev–Trinajstić information content (AvgIpc) is 2.66. The quantitative estimate of drug-likeness (QED) is 0.731. The number of aromatic nitrogens is 1. The van der Waals surface area contributed by atoms with E-state index >= 15 is 0 Å². The predicted octanol–water partition coefficient (Wildman–Crippen LogP) is 2.90. The van der Waals surface area contributed by atoms with Gasteiger partial charge in [-0.1, -0.05) is 37.2 Å². The van der Waals surface area contributed by atoms with Gasteiger partial charge in [0.25, 0.3) is 5.82 Å². The Labute approximate surface area is 157 Å². The standard InChI is InChI=1S/C19H19N5OS/c1-2-3-4-13-5-7-16(8-6-13)23-17(25)12-26-19-15(11-21)9-14(10-20)18(22)24-19/h5-9H,2-4,12H2,1H3,(H2,22,24)(H,23,25)/p+1. The van der Waals surface area contributed by atoms with Crippen LogP contribution in [0.15, 0.2) is 35.4 Å². The van der Waals surface area contributed by atoms with Crippen LogP contribution in [0.4, 0.5) is 11.5 Å². The fourth-order valence-corrected chi connectivity index (χ4v) is 3.09. The van der Waals surface area contributed by atoms with Crippen molar-refractivity contribution in [2.75, 3.05) is 16.8 Å². The molecule has 0 aliphatic rings. The maximum Gasteiger partial charge on any atom is 0.289 e. The first-order valence-corrected chi connectivity index (χ1v) is 9.23. The maximum atomic E-state index is 12.1. The highest BCUT2D eigenvalue weighted by molar-refractivity contribution is 7.99. The first-order valence-electron chi connectivity index (χ1n) is 8.25. The normalized spacial score (nSPS) is 9.96. The molecule has 0 radical (unpaired) electrons. The van der Waals surface area contributed by atoms with E-state index in [1.54, 1.807) is 0 Å². The van der Waals surface area contributed by atoms with E-state index in [0.29, 0.717) is 5.03 Å². The van der Waals surface area contributed by atoms with Gasteiger partial charge in [-0.2, -0.15) is 10.5 Å². The molecular formula is C19H20N5OS+. The third-order valence-corrected chi connectivity index (χ3v) is 4.73.